The van der Waals surface area contributed by atoms with Crippen LogP contribution in [0.5, 0.6) is 0 Å². The van der Waals surface area contributed by atoms with Crippen molar-refractivity contribution >= 4 is 34.3 Å². The first kappa shape index (κ1) is 18.1. The summed E-state index contributed by atoms with van der Waals surface area (Å²) in [4.78, 5) is 17.4. The Morgan fingerprint density at radius 2 is 1.86 bits per heavy atom. The first-order chi connectivity index (χ1) is 13.4. The predicted octanol–water partition coefficient (Wildman–Crippen LogP) is 5.55. The number of rotatable bonds is 3. The van der Waals surface area contributed by atoms with E-state index >= 15 is 0 Å². The average Bonchev–Trinajstić information content (AvgIpc) is 3.05. The van der Waals surface area contributed by atoms with Gasteiger partial charge in [0, 0.05) is 5.56 Å². The number of pyridine rings is 1. The van der Waals surface area contributed by atoms with E-state index in [1.54, 1.807) is 37.3 Å². The number of hydrogen-bond donors (Lipinski definition) is 1. The van der Waals surface area contributed by atoms with Crippen LogP contribution in [0.4, 0.5) is 10.1 Å². The van der Waals surface area contributed by atoms with Gasteiger partial charge >= 0.3 is 0 Å². The second-order valence-electron chi connectivity index (χ2n) is 6.45. The third-order valence-electron chi connectivity index (χ3n) is 4.37. The predicted molar refractivity (Wildman–Crippen MR) is 106 cm³/mol. The molecule has 0 fully saturated rings. The lowest BCUT2D eigenvalue weighted by atomic mass is 10.0. The number of halogens is 2. The number of hydrogen-bond acceptors (Lipinski definition) is 4. The summed E-state index contributed by atoms with van der Waals surface area (Å²) in [6.45, 7) is 3.65. The number of nitrogens with zero attached hydrogens (tertiary/aromatic N) is 2. The van der Waals surface area contributed by atoms with Gasteiger partial charge in [-0.25, -0.2) is 9.37 Å². The zero-order valence-corrected chi connectivity index (χ0v) is 15.8. The number of fused-ring (bicyclic) bond motifs is 1. The molecule has 2 aromatic carbocycles. The standard InChI is InChI=1S/C21H15ClFN3O2/c1-11-3-8-17(16(22)9-11)24-20(27)15-10-18(13-4-6-14(23)7-5-13)25-21-19(15)12(2)26-28-21/h3-10H,1-2H3,(H,24,27). The van der Waals surface area contributed by atoms with Crippen molar-refractivity contribution in [3.8, 4) is 11.3 Å². The first-order valence-corrected chi connectivity index (χ1v) is 8.90. The maximum Gasteiger partial charge on any atom is 0.259 e. The van der Waals surface area contributed by atoms with Gasteiger partial charge in [-0.05, 0) is 61.9 Å². The van der Waals surface area contributed by atoms with Crippen LogP contribution in [0.2, 0.25) is 5.02 Å². The molecule has 140 valence electrons. The summed E-state index contributed by atoms with van der Waals surface area (Å²) < 4.78 is 18.5. The second-order valence-corrected chi connectivity index (χ2v) is 6.85. The zero-order valence-electron chi connectivity index (χ0n) is 15.1. The molecular weight excluding hydrogens is 381 g/mol. The number of carbonyl (C=O) groups is 1. The van der Waals surface area contributed by atoms with E-state index in [1.807, 2.05) is 13.0 Å². The van der Waals surface area contributed by atoms with Gasteiger partial charge < -0.3 is 9.84 Å². The highest BCUT2D eigenvalue weighted by atomic mass is 35.5. The van der Waals surface area contributed by atoms with Crippen molar-refractivity contribution in [2.24, 2.45) is 0 Å². The van der Waals surface area contributed by atoms with Crippen molar-refractivity contribution in [1.82, 2.24) is 10.1 Å². The molecule has 0 radical (unpaired) electrons. The lowest BCUT2D eigenvalue weighted by Gasteiger charge is -2.10. The fraction of sp³-hybridized carbons (Fsp3) is 0.0952. The Balaban J connectivity index is 1.81. The lowest BCUT2D eigenvalue weighted by molar-refractivity contribution is 0.102. The zero-order chi connectivity index (χ0) is 19.8. The highest BCUT2D eigenvalue weighted by molar-refractivity contribution is 6.34. The Morgan fingerprint density at radius 3 is 2.57 bits per heavy atom. The molecule has 0 saturated carbocycles. The summed E-state index contributed by atoms with van der Waals surface area (Å²) in [6, 6.07) is 12.9. The maximum atomic E-state index is 13.2. The van der Waals surface area contributed by atoms with E-state index in [0.717, 1.165) is 5.56 Å². The molecule has 1 N–H and O–H groups in total. The smallest absolute Gasteiger partial charge is 0.259 e. The number of benzene rings is 2. The monoisotopic (exact) mass is 395 g/mol. The minimum absolute atomic E-state index is 0.236. The lowest BCUT2D eigenvalue weighted by Crippen LogP contribution is -2.13. The van der Waals surface area contributed by atoms with Crippen molar-refractivity contribution in [2.45, 2.75) is 13.8 Å². The van der Waals surface area contributed by atoms with Gasteiger partial charge in [-0.2, -0.15) is 0 Å². The number of nitrogens with one attached hydrogen (secondary N) is 1. The maximum absolute atomic E-state index is 13.2. The molecule has 0 aliphatic rings. The molecule has 0 unspecified atom stereocenters. The summed E-state index contributed by atoms with van der Waals surface area (Å²) in [5.74, 6) is -0.722. The number of carbonyl (C=O) groups excluding carboxylic acids is 1. The summed E-state index contributed by atoms with van der Waals surface area (Å²) in [6.07, 6.45) is 0. The molecule has 7 heteroatoms. The quantitative estimate of drug-likeness (QED) is 0.493. The molecule has 0 saturated heterocycles. The third-order valence-corrected chi connectivity index (χ3v) is 4.69. The van der Waals surface area contributed by atoms with E-state index in [0.29, 0.717) is 38.6 Å². The highest BCUT2D eigenvalue weighted by Crippen LogP contribution is 2.29. The topological polar surface area (TPSA) is 68.0 Å². The molecule has 0 aliphatic heterocycles. The van der Waals surface area contributed by atoms with Crippen LogP contribution < -0.4 is 5.32 Å². The Hall–Kier alpha value is -3.25. The summed E-state index contributed by atoms with van der Waals surface area (Å²) in [5, 5.41) is 7.71. The van der Waals surface area contributed by atoms with Crippen LogP contribution in [-0.4, -0.2) is 16.0 Å². The Kier molecular flexibility index (Phi) is 4.57. The van der Waals surface area contributed by atoms with Crippen molar-refractivity contribution in [1.29, 1.82) is 0 Å². The Morgan fingerprint density at radius 1 is 1.11 bits per heavy atom. The summed E-state index contributed by atoms with van der Waals surface area (Å²) in [5.41, 5.74) is 3.75. The number of anilines is 1. The van der Waals surface area contributed by atoms with Gasteiger partial charge in [0.2, 0.25) is 0 Å². The van der Waals surface area contributed by atoms with Gasteiger partial charge in [-0.15, -0.1) is 0 Å². The molecule has 0 bridgehead atoms. The van der Waals surface area contributed by atoms with Crippen LogP contribution in [0.25, 0.3) is 22.4 Å². The van der Waals surface area contributed by atoms with Gasteiger partial charge in [0.05, 0.1) is 33.0 Å². The van der Waals surface area contributed by atoms with Crippen molar-refractivity contribution in [3.05, 3.63) is 76.2 Å². The van der Waals surface area contributed by atoms with Crippen LogP contribution >= 0.6 is 11.6 Å². The van der Waals surface area contributed by atoms with Crippen LogP contribution in [0.3, 0.4) is 0 Å². The van der Waals surface area contributed by atoms with Crippen LogP contribution in [0, 0.1) is 19.7 Å². The molecule has 0 spiro atoms. The van der Waals surface area contributed by atoms with E-state index < -0.39 is 0 Å². The molecule has 28 heavy (non-hydrogen) atoms. The van der Waals surface area contributed by atoms with Crippen LogP contribution in [0.1, 0.15) is 21.6 Å². The van der Waals surface area contributed by atoms with Gasteiger partial charge in [-0.3, -0.25) is 4.79 Å². The molecule has 2 heterocycles. The molecular formula is C21H15ClFN3O2. The minimum Gasteiger partial charge on any atom is -0.335 e. The van der Waals surface area contributed by atoms with E-state index in [2.05, 4.69) is 15.5 Å². The van der Waals surface area contributed by atoms with Gasteiger partial charge in [-0.1, -0.05) is 22.8 Å². The molecule has 2 aromatic heterocycles. The Labute approximate surface area is 165 Å². The number of aryl methyl sites for hydroxylation is 2. The SMILES string of the molecule is Cc1ccc(NC(=O)c2cc(-c3ccc(F)cc3)nc3onc(C)c23)c(Cl)c1. The molecule has 0 atom stereocenters. The second kappa shape index (κ2) is 7.05. The summed E-state index contributed by atoms with van der Waals surface area (Å²) >= 11 is 6.24. The number of aromatic nitrogens is 2. The van der Waals surface area contributed by atoms with E-state index in [4.69, 9.17) is 16.1 Å². The van der Waals surface area contributed by atoms with E-state index in [9.17, 15) is 9.18 Å². The van der Waals surface area contributed by atoms with Crippen LogP contribution in [-0.2, 0) is 0 Å². The fourth-order valence-electron chi connectivity index (χ4n) is 2.95. The van der Waals surface area contributed by atoms with Gasteiger partial charge in [0.1, 0.15) is 5.82 Å². The third kappa shape index (κ3) is 3.34. The van der Waals surface area contributed by atoms with Crippen LogP contribution in [0.15, 0.2) is 53.1 Å². The molecule has 5 nitrogen and oxygen atoms in total. The summed E-state index contributed by atoms with van der Waals surface area (Å²) in [7, 11) is 0. The average molecular weight is 396 g/mol. The first-order valence-electron chi connectivity index (χ1n) is 8.53. The van der Waals surface area contributed by atoms with Crippen molar-refractivity contribution < 1.29 is 13.7 Å². The van der Waals surface area contributed by atoms with E-state index in [1.165, 1.54) is 12.1 Å². The molecule has 0 aliphatic carbocycles. The normalized spacial score (nSPS) is 11.0. The largest absolute Gasteiger partial charge is 0.335 e. The van der Waals surface area contributed by atoms with Gasteiger partial charge in [0.15, 0.2) is 0 Å². The number of amides is 1. The fourth-order valence-corrected chi connectivity index (χ4v) is 3.24. The molecule has 1 amide bonds. The van der Waals surface area contributed by atoms with Gasteiger partial charge in [0.25, 0.3) is 11.6 Å². The van der Waals surface area contributed by atoms with Crippen molar-refractivity contribution in [3.63, 3.8) is 0 Å². The molecule has 4 aromatic rings. The van der Waals surface area contributed by atoms with Crippen molar-refractivity contribution in [2.75, 3.05) is 5.32 Å². The highest BCUT2D eigenvalue weighted by Gasteiger charge is 2.20. The molecule has 4 rings (SSSR count). The minimum atomic E-state index is -0.368. The van der Waals surface area contributed by atoms with E-state index in [-0.39, 0.29) is 17.4 Å². The Bertz CT molecular complexity index is 1200.